The van der Waals surface area contributed by atoms with Gasteiger partial charge in [0.1, 0.15) is 0 Å². The minimum Gasteiger partial charge on any atom is -0.377 e. The lowest BCUT2D eigenvalue weighted by Crippen LogP contribution is -2.43. The van der Waals surface area contributed by atoms with E-state index in [0.29, 0.717) is 0 Å². The molecule has 196 valence electrons. The Morgan fingerprint density at radius 3 is 1.25 bits per heavy atom. The third kappa shape index (κ3) is 22.2. The summed E-state index contributed by atoms with van der Waals surface area (Å²) < 4.78 is 16.3. The average Bonchev–Trinajstić information content (AvgIpc) is 2.77. The van der Waals surface area contributed by atoms with Gasteiger partial charge >= 0.3 is 8.80 Å². The molecule has 0 aliphatic carbocycles. The van der Waals surface area contributed by atoms with Gasteiger partial charge in [-0.15, -0.1) is 12.4 Å². The van der Waals surface area contributed by atoms with Crippen LogP contribution in [-0.2, 0) is 13.3 Å². The molecule has 0 saturated carbocycles. The van der Waals surface area contributed by atoms with Gasteiger partial charge in [0.2, 0.25) is 0 Å². The first-order valence-corrected chi connectivity index (χ1v) is 15.4. The van der Waals surface area contributed by atoms with E-state index in [1.54, 1.807) is 21.3 Å². The molecule has 0 rings (SSSR count). The van der Waals surface area contributed by atoms with Crippen LogP contribution < -0.4 is 5.32 Å². The lowest BCUT2D eigenvalue weighted by Gasteiger charge is -2.24. The van der Waals surface area contributed by atoms with Crippen molar-refractivity contribution in [3.8, 4) is 0 Å². The first kappa shape index (κ1) is 34.5. The second-order valence-corrected chi connectivity index (χ2v) is 12.7. The molecule has 0 fully saturated rings. The zero-order valence-electron chi connectivity index (χ0n) is 22.4. The SMILES string of the molecule is CO[Si](CCCNCCCCCCCCCCCCCCCCCC(C)C)(OC)OC.Cl. The van der Waals surface area contributed by atoms with E-state index in [4.69, 9.17) is 13.3 Å². The third-order valence-corrected chi connectivity index (χ3v) is 9.24. The fourth-order valence-corrected chi connectivity index (χ4v) is 5.93. The molecule has 0 aromatic heterocycles. The van der Waals surface area contributed by atoms with Crippen molar-refractivity contribution in [1.29, 1.82) is 0 Å². The maximum atomic E-state index is 5.45. The Kier molecular flexibility index (Phi) is 28.0. The number of nitrogens with one attached hydrogen (secondary N) is 1. The van der Waals surface area contributed by atoms with Gasteiger partial charge in [0.05, 0.1) is 0 Å². The van der Waals surface area contributed by atoms with Gasteiger partial charge in [-0.25, -0.2) is 0 Å². The predicted octanol–water partition coefficient (Wildman–Crippen LogP) is 8.16. The molecule has 32 heavy (non-hydrogen) atoms. The Balaban J connectivity index is 0. The van der Waals surface area contributed by atoms with Crippen molar-refractivity contribution in [1.82, 2.24) is 5.32 Å². The second-order valence-electron chi connectivity index (χ2n) is 9.63. The first-order valence-electron chi connectivity index (χ1n) is 13.5. The summed E-state index contributed by atoms with van der Waals surface area (Å²) in [5.74, 6) is 0.884. The minimum atomic E-state index is -2.37. The van der Waals surface area contributed by atoms with Crippen molar-refractivity contribution in [2.45, 2.75) is 129 Å². The number of hydrogen-bond donors (Lipinski definition) is 1. The summed E-state index contributed by atoms with van der Waals surface area (Å²) >= 11 is 0. The Bertz CT molecular complexity index is 350. The highest BCUT2D eigenvalue weighted by molar-refractivity contribution is 6.60. The maximum absolute atomic E-state index is 5.45. The van der Waals surface area contributed by atoms with E-state index in [9.17, 15) is 0 Å². The van der Waals surface area contributed by atoms with Crippen LogP contribution in [0.25, 0.3) is 0 Å². The molecule has 6 heteroatoms. The van der Waals surface area contributed by atoms with Gasteiger partial charge in [-0.05, 0) is 31.8 Å². The summed E-state index contributed by atoms with van der Waals surface area (Å²) in [6.45, 7) is 6.81. The van der Waals surface area contributed by atoms with Gasteiger partial charge in [-0.2, -0.15) is 0 Å². The molecular weight excluding hydrogens is 438 g/mol. The number of halogens is 1. The van der Waals surface area contributed by atoms with Gasteiger partial charge in [0.15, 0.2) is 0 Å². The number of unbranched alkanes of at least 4 members (excludes halogenated alkanes) is 14. The zero-order chi connectivity index (χ0) is 23.0. The molecule has 1 N–H and O–H groups in total. The smallest absolute Gasteiger partial charge is 0.377 e. The van der Waals surface area contributed by atoms with Crippen LogP contribution in [0, 0.1) is 5.92 Å². The molecule has 0 aromatic rings. The first-order chi connectivity index (χ1) is 15.1. The summed E-state index contributed by atoms with van der Waals surface area (Å²) in [5, 5.41) is 3.54. The highest BCUT2D eigenvalue weighted by Crippen LogP contribution is 2.15. The van der Waals surface area contributed by atoms with E-state index in [0.717, 1.165) is 31.5 Å². The van der Waals surface area contributed by atoms with Gasteiger partial charge in [-0.1, -0.05) is 110 Å². The molecule has 0 unspecified atom stereocenters. The highest BCUT2D eigenvalue weighted by Gasteiger charge is 2.36. The van der Waals surface area contributed by atoms with Gasteiger partial charge < -0.3 is 18.6 Å². The standard InChI is InChI=1S/C26H57NO3Si.ClH/c1-26(2)22-19-17-15-13-11-9-7-6-8-10-12-14-16-18-20-23-27-24-21-25-31(28-3,29-4)30-5;/h26-27H,6-25H2,1-5H3;1H. The Hall–Kier alpha value is 0.347. The molecule has 0 spiro atoms. The van der Waals surface area contributed by atoms with Gasteiger partial charge in [0.25, 0.3) is 0 Å². The molecule has 4 nitrogen and oxygen atoms in total. The summed E-state index contributed by atoms with van der Waals surface area (Å²) in [6, 6.07) is 0.877. The molecule has 0 saturated heterocycles. The van der Waals surface area contributed by atoms with Crippen molar-refractivity contribution in [2.75, 3.05) is 34.4 Å². The number of rotatable bonds is 25. The van der Waals surface area contributed by atoms with E-state index in [1.807, 2.05) is 0 Å². The Labute approximate surface area is 209 Å². The quantitative estimate of drug-likeness (QED) is 0.102. The van der Waals surface area contributed by atoms with Crippen LogP contribution in [0.1, 0.15) is 123 Å². The van der Waals surface area contributed by atoms with Crippen LogP contribution in [0.4, 0.5) is 0 Å². The normalized spacial score (nSPS) is 11.8. The van der Waals surface area contributed by atoms with Crippen molar-refractivity contribution >= 4 is 21.2 Å². The molecular formula is C26H58ClNO3Si. The maximum Gasteiger partial charge on any atom is 0.500 e. The molecule has 0 heterocycles. The second kappa shape index (κ2) is 26.0. The van der Waals surface area contributed by atoms with Crippen molar-refractivity contribution < 1.29 is 13.3 Å². The van der Waals surface area contributed by atoms with Gasteiger partial charge in [-0.3, -0.25) is 0 Å². The van der Waals surface area contributed by atoms with Crippen molar-refractivity contribution in [3.05, 3.63) is 0 Å². The van der Waals surface area contributed by atoms with Crippen LogP contribution in [0.15, 0.2) is 0 Å². The van der Waals surface area contributed by atoms with E-state index in [1.165, 1.54) is 103 Å². The molecule has 0 aliphatic rings. The molecule has 0 aromatic carbocycles. The van der Waals surface area contributed by atoms with E-state index in [2.05, 4.69) is 19.2 Å². The summed E-state index contributed by atoms with van der Waals surface area (Å²) in [6.07, 6.45) is 23.9. The fourth-order valence-electron chi connectivity index (χ4n) is 4.21. The predicted molar refractivity (Wildman–Crippen MR) is 145 cm³/mol. The number of hydrogen-bond acceptors (Lipinski definition) is 4. The van der Waals surface area contributed by atoms with E-state index < -0.39 is 8.80 Å². The van der Waals surface area contributed by atoms with Crippen LogP contribution in [0.3, 0.4) is 0 Å². The molecule has 0 aliphatic heterocycles. The molecule has 0 bridgehead atoms. The van der Waals surface area contributed by atoms with Crippen molar-refractivity contribution in [3.63, 3.8) is 0 Å². The van der Waals surface area contributed by atoms with Crippen LogP contribution in [0.2, 0.25) is 6.04 Å². The Morgan fingerprint density at radius 2 is 0.875 bits per heavy atom. The summed E-state index contributed by atoms with van der Waals surface area (Å²) in [7, 11) is 2.68. The largest absolute Gasteiger partial charge is 0.500 e. The van der Waals surface area contributed by atoms with Gasteiger partial charge in [0, 0.05) is 27.4 Å². The summed E-state index contributed by atoms with van der Waals surface area (Å²) in [5.41, 5.74) is 0. The third-order valence-electron chi connectivity index (χ3n) is 6.40. The molecule has 0 atom stereocenters. The van der Waals surface area contributed by atoms with Crippen LogP contribution in [-0.4, -0.2) is 43.2 Å². The lowest BCUT2D eigenvalue weighted by atomic mass is 10.0. The van der Waals surface area contributed by atoms with Crippen LogP contribution in [0.5, 0.6) is 0 Å². The zero-order valence-corrected chi connectivity index (χ0v) is 24.2. The molecule has 0 radical (unpaired) electrons. The van der Waals surface area contributed by atoms with E-state index >= 15 is 0 Å². The average molecular weight is 496 g/mol. The van der Waals surface area contributed by atoms with Crippen molar-refractivity contribution in [2.24, 2.45) is 5.92 Å². The molecule has 0 amide bonds. The topological polar surface area (TPSA) is 39.7 Å². The minimum absolute atomic E-state index is 0. The fraction of sp³-hybridized carbons (Fsp3) is 1.00. The summed E-state index contributed by atoms with van der Waals surface area (Å²) in [4.78, 5) is 0. The lowest BCUT2D eigenvalue weighted by molar-refractivity contribution is 0.123. The highest BCUT2D eigenvalue weighted by atomic mass is 35.5. The monoisotopic (exact) mass is 495 g/mol. The van der Waals surface area contributed by atoms with E-state index in [-0.39, 0.29) is 12.4 Å². The van der Waals surface area contributed by atoms with Crippen LogP contribution >= 0.6 is 12.4 Å². The Morgan fingerprint density at radius 1 is 0.531 bits per heavy atom.